The second-order valence-corrected chi connectivity index (χ2v) is 1.57. The Kier molecular flexibility index (Phi) is 8.76. The maximum atomic E-state index is 12.3. The summed E-state index contributed by atoms with van der Waals surface area (Å²) in [6.45, 7) is 1.63. The fourth-order valence-corrected chi connectivity index (χ4v) is 0.465. The number of aryl methyl sites for hydroxylation is 1. The zero-order valence-electron chi connectivity index (χ0n) is 6.41. The van der Waals surface area contributed by atoms with Crippen molar-refractivity contribution < 1.29 is 9.50 Å². The van der Waals surface area contributed by atoms with Crippen molar-refractivity contribution in [2.75, 3.05) is 7.11 Å². The second-order valence-electron chi connectivity index (χ2n) is 1.57. The molecule has 0 radical (unpaired) electrons. The molecule has 1 aromatic heterocycles. The van der Waals surface area contributed by atoms with E-state index in [2.05, 4.69) is 4.98 Å². The molecule has 0 unspecified atom stereocenters. The van der Waals surface area contributed by atoms with E-state index in [1.165, 1.54) is 6.07 Å². The van der Waals surface area contributed by atoms with E-state index in [9.17, 15) is 4.39 Å². The van der Waals surface area contributed by atoms with Gasteiger partial charge in [0.15, 0.2) is 0 Å². The number of aromatic nitrogens is 1. The summed E-state index contributed by atoms with van der Waals surface area (Å²) in [7, 11) is 1.00. The highest BCUT2D eigenvalue weighted by Gasteiger charge is 1.90. The average Bonchev–Trinajstić information content (AvgIpc) is 2.00. The lowest BCUT2D eigenvalue weighted by Gasteiger charge is -1.88. The van der Waals surface area contributed by atoms with Gasteiger partial charge >= 0.3 is 0 Å². The van der Waals surface area contributed by atoms with E-state index >= 15 is 0 Å². The van der Waals surface area contributed by atoms with Crippen LogP contribution < -0.4 is 0 Å². The van der Waals surface area contributed by atoms with Gasteiger partial charge < -0.3 is 5.11 Å². The summed E-state index contributed by atoms with van der Waals surface area (Å²) in [6.07, 6.45) is 1.57. The summed E-state index contributed by atoms with van der Waals surface area (Å²) in [5, 5.41) is 7.00. The molecule has 0 bridgehead atoms. The number of aliphatic hydroxyl groups is 1. The fraction of sp³-hybridized carbons (Fsp3) is 0.286. The van der Waals surface area contributed by atoms with Gasteiger partial charge in [-0.1, -0.05) is 0 Å². The third-order valence-corrected chi connectivity index (χ3v) is 0.942. The van der Waals surface area contributed by atoms with Crippen LogP contribution in [0.4, 0.5) is 4.39 Å². The third kappa shape index (κ3) is 4.70. The van der Waals surface area contributed by atoms with E-state index < -0.39 is 0 Å². The van der Waals surface area contributed by atoms with Crippen LogP contribution in [0.5, 0.6) is 0 Å². The normalized spacial score (nSPS) is 7.27. The van der Waals surface area contributed by atoms with Gasteiger partial charge in [0.1, 0.15) is 5.82 Å². The van der Waals surface area contributed by atoms with Gasteiger partial charge in [0, 0.05) is 13.3 Å². The molecule has 0 saturated carbocycles. The zero-order valence-corrected chi connectivity index (χ0v) is 7.23. The predicted molar refractivity (Wildman–Crippen MR) is 44.3 cm³/mol. The van der Waals surface area contributed by atoms with Crippen molar-refractivity contribution in [3.8, 4) is 0 Å². The lowest BCUT2D eigenvalue weighted by Crippen LogP contribution is -1.82. The van der Waals surface area contributed by atoms with Crippen molar-refractivity contribution in [1.82, 2.24) is 4.98 Å². The number of hydrogen-bond acceptors (Lipinski definition) is 2. The van der Waals surface area contributed by atoms with Crippen LogP contribution in [0.25, 0.3) is 0 Å². The summed E-state index contributed by atoms with van der Waals surface area (Å²) in [6, 6.07) is 2.96. The molecular formula is C7H11ClFNO. The van der Waals surface area contributed by atoms with E-state index in [1.54, 1.807) is 19.2 Å². The van der Waals surface area contributed by atoms with Crippen LogP contribution in [0.15, 0.2) is 18.3 Å². The van der Waals surface area contributed by atoms with Gasteiger partial charge in [-0.3, -0.25) is 4.98 Å². The maximum absolute atomic E-state index is 12.3. The summed E-state index contributed by atoms with van der Waals surface area (Å²) in [5.41, 5.74) is 0.451. The highest BCUT2D eigenvalue weighted by Crippen LogP contribution is 1.97. The summed E-state index contributed by atoms with van der Waals surface area (Å²) in [4.78, 5) is 3.70. The van der Waals surface area contributed by atoms with E-state index in [-0.39, 0.29) is 18.2 Å². The first kappa shape index (κ1) is 13.0. The number of hydrogen-bond donors (Lipinski definition) is 1. The minimum Gasteiger partial charge on any atom is -0.400 e. The molecule has 0 saturated heterocycles. The minimum atomic E-state index is -0.243. The Morgan fingerprint density at radius 1 is 1.45 bits per heavy atom. The SMILES string of the molecule is CO.Cc1ncccc1F.Cl. The van der Waals surface area contributed by atoms with Crippen molar-refractivity contribution in [2.45, 2.75) is 6.92 Å². The van der Waals surface area contributed by atoms with E-state index in [0.717, 1.165) is 7.11 Å². The minimum absolute atomic E-state index is 0. The number of aliphatic hydroxyl groups excluding tert-OH is 1. The highest BCUT2D eigenvalue weighted by molar-refractivity contribution is 5.85. The van der Waals surface area contributed by atoms with Gasteiger partial charge in [-0.15, -0.1) is 12.4 Å². The Hall–Kier alpha value is -0.670. The van der Waals surface area contributed by atoms with Crippen LogP contribution in [0.3, 0.4) is 0 Å². The van der Waals surface area contributed by atoms with Crippen molar-refractivity contribution in [1.29, 1.82) is 0 Å². The van der Waals surface area contributed by atoms with Crippen molar-refractivity contribution >= 4 is 12.4 Å². The van der Waals surface area contributed by atoms with E-state index in [1.807, 2.05) is 0 Å². The van der Waals surface area contributed by atoms with Crippen LogP contribution in [-0.4, -0.2) is 17.2 Å². The predicted octanol–water partition coefficient (Wildman–Crippen LogP) is 1.56. The van der Waals surface area contributed by atoms with Gasteiger partial charge in [-0.2, -0.15) is 0 Å². The molecule has 1 rings (SSSR count). The molecule has 1 aromatic rings. The molecule has 0 atom stereocenters. The highest BCUT2D eigenvalue weighted by atomic mass is 35.5. The summed E-state index contributed by atoms with van der Waals surface area (Å²) < 4.78 is 12.3. The molecule has 0 aliphatic heterocycles. The van der Waals surface area contributed by atoms with Gasteiger partial charge in [0.05, 0.1) is 5.69 Å². The van der Waals surface area contributed by atoms with E-state index in [0.29, 0.717) is 5.69 Å². The smallest absolute Gasteiger partial charge is 0.144 e. The molecule has 0 spiro atoms. The molecule has 2 nitrogen and oxygen atoms in total. The van der Waals surface area contributed by atoms with E-state index in [4.69, 9.17) is 5.11 Å². The first-order valence-electron chi connectivity index (χ1n) is 2.82. The van der Waals surface area contributed by atoms with Crippen LogP contribution in [0.1, 0.15) is 5.69 Å². The number of rotatable bonds is 0. The zero-order chi connectivity index (χ0) is 7.98. The Morgan fingerprint density at radius 3 is 2.27 bits per heavy atom. The number of halogens is 2. The standard InChI is InChI=1S/C6H6FN.CH4O.ClH/c1-5-6(7)3-2-4-8-5;1-2;/h2-4H,1H3;2H,1H3;1H. The van der Waals surface area contributed by atoms with Gasteiger partial charge in [-0.25, -0.2) is 4.39 Å². The van der Waals surface area contributed by atoms with Crippen molar-refractivity contribution in [3.05, 3.63) is 29.8 Å². The number of nitrogens with zero attached hydrogens (tertiary/aromatic N) is 1. The average molecular weight is 180 g/mol. The molecule has 64 valence electrons. The Bertz CT molecular complexity index is 175. The Morgan fingerprint density at radius 2 is 2.00 bits per heavy atom. The lowest BCUT2D eigenvalue weighted by atomic mass is 10.4. The molecule has 11 heavy (non-hydrogen) atoms. The molecule has 0 aliphatic carbocycles. The van der Waals surface area contributed by atoms with Crippen LogP contribution in [0, 0.1) is 12.7 Å². The van der Waals surface area contributed by atoms with Crippen LogP contribution >= 0.6 is 12.4 Å². The third-order valence-electron chi connectivity index (χ3n) is 0.942. The molecule has 0 aromatic carbocycles. The maximum Gasteiger partial charge on any atom is 0.144 e. The topological polar surface area (TPSA) is 33.1 Å². The molecule has 4 heteroatoms. The molecule has 0 amide bonds. The summed E-state index contributed by atoms with van der Waals surface area (Å²) in [5.74, 6) is -0.243. The van der Waals surface area contributed by atoms with Gasteiger partial charge in [0.25, 0.3) is 0 Å². The molecule has 0 aliphatic rings. The van der Waals surface area contributed by atoms with Gasteiger partial charge in [-0.05, 0) is 19.1 Å². The quantitative estimate of drug-likeness (QED) is 0.656. The fourth-order valence-electron chi connectivity index (χ4n) is 0.465. The monoisotopic (exact) mass is 179 g/mol. The Balaban J connectivity index is 0. The molecule has 0 fully saturated rings. The summed E-state index contributed by atoms with van der Waals surface area (Å²) >= 11 is 0. The Labute approximate surface area is 71.5 Å². The number of pyridine rings is 1. The first-order chi connectivity index (χ1) is 4.80. The molecular weight excluding hydrogens is 169 g/mol. The largest absolute Gasteiger partial charge is 0.400 e. The van der Waals surface area contributed by atoms with Gasteiger partial charge in [0.2, 0.25) is 0 Å². The molecule has 1 heterocycles. The van der Waals surface area contributed by atoms with Crippen LogP contribution in [0.2, 0.25) is 0 Å². The van der Waals surface area contributed by atoms with Crippen molar-refractivity contribution in [3.63, 3.8) is 0 Å². The second kappa shape index (κ2) is 7.44. The van der Waals surface area contributed by atoms with Crippen molar-refractivity contribution in [2.24, 2.45) is 0 Å². The lowest BCUT2D eigenvalue weighted by molar-refractivity contribution is 0.399. The van der Waals surface area contributed by atoms with Crippen LogP contribution in [-0.2, 0) is 0 Å². The first-order valence-corrected chi connectivity index (χ1v) is 2.82. The molecule has 1 N–H and O–H groups in total.